The van der Waals surface area contributed by atoms with Crippen LogP contribution in [0.3, 0.4) is 0 Å². The van der Waals surface area contributed by atoms with Gasteiger partial charge in [0.05, 0.1) is 6.54 Å². The number of hydrogen-bond donors (Lipinski definition) is 1. The zero-order valence-corrected chi connectivity index (χ0v) is 13.5. The molecule has 0 saturated carbocycles. The second kappa shape index (κ2) is 6.17. The van der Waals surface area contributed by atoms with Gasteiger partial charge in [0.2, 0.25) is 0 Å². The Kier molecular flexibility index (Phi) is 4.51. The van der Waals surface area contributed by atoms with Crippen LogP contribution in [-0.4, -0.2) is 16.9 Å². The maximum absolute atomic E-state index is 12.5. The Morgan fingerprint density at radius 2 is 1.86 bits per heavy atom. The molecule has 0 aliphatic carbocycles. The van der Waals surface area contributed by atoms with E-state index in [0.29, 0.717) is 12.6 Å². The predicted octanol–water partition coefficient (Wildman–Crippen LogP) is 4.29. The highest BCUT2D eigenvalue weighted by molar-refractivity contribution is 6.00. The van der Waals surface area contributed by atoms with Crippen molar-refractivity contribution in [1.29, 1.82) is 0 Å². The fourth-order valence-corrected chi connectivity index (χ4v) is 2.90. The maximum Gasteiger partial charge on any atom is 0.183 e. The van der Waals surface area contributed by atoms with Crippen LogP contribution < -0.4 is 5.32 Å². The first-order valence-electron chi connectivity index (χ1n) is 7.43. The predicted molar refractivity (Wildman–Crippen MR) is 88.3 cm³/mol. The number of hydrogen-bond acceptors (Lipinski definition) is 2. The van der Waals surface area contributed by atoms with Gasteiger partial charge < -0.3 is 9.88 Å². The number of benzene rings is 1. The van der Waals surface area contributed by atoms with Gasteiger partial charge in [0.25, 0.3) is 0 Å². The van der Waals surface area contributed by atoms with Gasteiger partial charge >= 0.3 is 0 Å². The van der Waals surface area contributed by atoms with Gasteiger partial charge in [-0.3, -0.25) is 4.79 Å². The van der Waals surface area contributed by atoms with Gasteiger partial charge in [0.1, 0.15) is 0 Å². The Morgan fingerprint density at radius 3 is 2.43 bits per heavy atom. The average molecular weight is 284 g/mol. The standard InChI is InChI=1S/C18H24N2O/c1-12(2)20-14(4)10-16(15(20)5)18(21)11-19-17-9-7-6-8-13(17)3/h6-10,12,19H,11H2,1-5H3. The lowest BCUT2D eigenvalue weighted by Crippen LogP contribution is -2.15. The molecule has 2 rings (SSSR count). The van der Waals surface area contributed by atoms with E-state index in [9.17, 15) is 4.79 Å². The van der Waals surface area contributed by atoms with Crippen LogP contribution in [0.4, 0.5) is 5.69 Å². The van der Waals surface area contributed by atoms with Gasteiger partial charge in [0, 0.05) is 28.7 Å². The van der Waals surface area contributed by atoms with E-state index < -0.39 is 0 Å². The molecule has 21 heavy (non-hydrogen) atoms. The van der Waals surface area contributed by atoms with Crippen molar-refractivity contribution < 1.29 is 4.79 Å². The molecule has 1 heterocycles. The van der Waals surface area contributed by atoms with Crippen LogP contribution in [0.5, 0.6) is 0 Å². The molecule has 0 unspecified atom stereocenters. The number of nitrogens with one attached hydrogen (secondary N) is 1. The van der Waals surface area contributed by atoms with Crippen molar-refractivity contribution in [2.45, 2.75) is 40.7 Å². The SMILES string of the molecule is Cc1ccccc1NCC(=O)c1cc(C)n(C(C)C)c1C. The normalized spacial score (nSPS) is 11.0. The smallest absolute Gasteiger partial charge is 0.183 e. The minimum Gasteiger partial charge on any atom is -0.377 e. The van der Waals surface area contributed by atoms with Crippen molar-refractivity contribution in [3.8, 4) is 0 Å². The van der Waals surface area contributed by atoms with Crippen molar-refractivity contribution >= 4 is 11.5 Å². The molecule has 0 amide bonds. The molecule has 0 aliphatic rings. The van der Waals surface area contributed by atoms with Crippen LogP contribution >= 0.6 is 0 Å². The van der Waals surface area contributed by atoms with E-state index >= 15 is 0 Å². The Hall–Kier alpha value is -2.03. The number of carbonyl (C=O) groups excluding carboxylic acids is 1. The van der Waals surface area contributed by atoms with E-state index in [1.165, 1.54) is 0 Å². The molecule has 0 fully saturated rings. The van der Waals surface area contributed by atoms with Crippen molar-refractivity contribution in [3.63, 3.8) is 0 Å². The Balaban J connectivity index is 2.15. The minimum atomic E-state index is 0.137. The molecule has 0 radical (unpaired) electrons. The fraction of sp³-hybridized carbons (Fsp3) is 0.389. The van der Waals surface area contributed by atoms with Crippen molar-refractivity contribution in [1.82, 2.24) is 4.57 Å². The summed E-state index contributed by atoms with van der Waals surface area (Å²) in [5.41, 5.74) is 5.18. The average Bonchev–Trinajstić information content (AvgIpc) is 2.73. The molecular weight excluding hydrogens is 260 g/mol. The summed E-state index contributed by atoms with van der Waals surface area (Å²) in [5.74, 6) is 0.137. The Morgan fingerprint density at radius 1 is 1.19 bits per heavy atom. The van der Waals surface area contributed by atoms with Crippen molar-refractivity contribution in [2.75, 3.05) is 11.9 Å². The largest absolute Gasteiger partial charge is 0.377 e. The third-order valence-electron chi connectivity index (χ3n) is 3.89. The third kappa shape index (κ3) is 3.18. The fourth-order valence-electron chi connectivity index (χ4n) is 2.90. The number of rotatable bonds is 5. The quantitative estimate of drug-likeness (QED) is 0.831. The van der Waals surface area contributed by atoms with Gasteiger partial charge in [-0.1, -0.05) is 18.2 Å². The maximum atomic E-state index is 12.5. The number of Topliss-reactive ketones (excluding diaryl/α,β-unsaturated/α-hetero) is 1. The van der Waals surface area contributed by atoms with Crippen LogP contribution in [0.2, 0.25) is 0 Å². The first-order valence-corrected chi connectivity index (χ1v) is 7.43. The molecule has 3 heteroatoms. The van der Waals surface area contributed by atoms with E-state index in [4.69, 9.17) is 0 Å². The van der Waals surface area contributed by atoms with E-state index in [-0.39, 0.29) is 5.78 Å². The molecule has 3 nitrogen and oxygen atoms in total. The van der Waals surface area contributed by atoms with Gasteiger partial charge in [0.15, 0.2) is 5.78 Å². The summed E-state index contributed by atoms with van der Waals surface area (Å²) >= 11 is 0. The van der Waals surface area contributed by atoms with Crippen LogP contribution in [0.15, 0.2) is 30.3 Å². The zero-order chi connectivity index (χ0) is 15.6. The van der Waals surface area contributed by atoms with Crippen LogP contribution in [0.25, 0.3) is 0 Å². The summed E-state index contributed by atoms with van der Waals surface area (Å²) in [6, 6.07) is 10.4. The number of nitrogens with zero attached hydrogens (tertiary/aromatic N) is 1. The lowest BCUT2D eigenvalue weighted by Gasteiger charge is -2.14. The first-order chi connectivity index (χ1) is 9.91. The lowest BCUT2D eigenvalue weighted by molar-refractivity contribution is 0.101. The third-order valence-corrected chi connectivity index (χ3v) is 3.89. The monoisotopic (exact) mass is 284 g/mol. The number of para-hydroxylation sites is 1. The molecule has 0 spiro atoms. The van der Waals surface area contributed by atoms with Crippen LogP contribution in [0.1, 0.15) is 47.2 Å². The molecule has 1 N–H and O–H groups in total. The molecule has 1 aromatic carbocycles. The Bertz CT molecular complexity index is 653. The van der Waals surface area contributed by atoms with E-state index in [2.05, 4.69) is 30.7 Å². The second-order valence-corrected chi connectivity index (χ2v) is 5.84. The molecule has 112 valence electrons. The van der Waals surface area contributed by atoms with Crippen LogP contribution in [0, 0.1) is 20.8 Å². The minimum absolute atomic E-state index is 0.137. The van der Waals surface area contributed by atoms with E-state index in [1.807, 2.05) is 44.2 Å². The topological polar surface area (TPSA) is 34.0 Å². The summed E-state index contributed by atoms with van der Waals surface area (Å²) in [4.78, 5) is 12.5. The Labute approximate surface area is 127 Å². The summed E-state index contributed by atoms with van der Waals surface area (Å²) in [7, 11) is 0. The summed E-state index contributed by atoms with van der Waals surface area (Å²) in [6.07, 6.45) is 0. The molecule has 2 aromatic rings. The van der Waals surface area contributed by atoms with Crippen molar-refractivity contribution in [3.05, 3.63) is 52.8 Å². The highest BCUT2D eigenvalue weighted by Gasteiger charge is 2.16. The van der Waals surface area contributed by atoms with Gasteiger partial charge in [-0.25, -0.2) is 0 Å². The van der Waals surface area contributed by atoms with Gasteiger partial charge in [-0.2, -0.15) is 0 Å². The number of anilines is 1. The molecular formula is C18H24N2O. The number of aryl methyl sites for hydroxylation is 2. The van der Waals surface area contributed by atoms with E-state index in [0.717, 1.165) is 28.2 Å². The van der Waals surface area contributed by atoms with Crippen molar-refractivity contribution in [2.24, 2.45) is 0 Å². The number of aromatic nitrogens is 1. The summed E-state index contributed by atoms with van der Waals surface area (Å²) in [6.45, 7) is 10.7. The van der Waals surface area contributed by atoms with Gasteiger partial charge in [-0.05, 0) is 52.3 Å². The van der Waals surface area contributed by atoms with Crippen LogP contribution in [-0.2, 0) is 0 Å². The molecule has 1 aromatic heterocycles. The van der Waals surface area contributed by atoms with E-state index in [1.54, 1.807) is 0 Å². The molecule has 0 atom stereocenters. The highest BCUT2D eigenvalue weighted by Crippen LogP contribution is 2.21. The number of carbonyl (C=O) groups is 1. The summed E-state index contributed by atoms with van der Waals surface area (Å²) in [5, 5.41) is 3.24. The second-order valence-electron chi connectivity index (χ2n) is 5.84. The lowest BCUT2D eigenvalue weighted by atomic mass is 10.1. The molecule has 0 aliphatic heterocycles. The zero-order valence-electron chi connectivity index (χ0n) is 13.5. The molecule has 0 bridgehead atoms. The molecule has 0 saturated heterocycles. The van der Waals surface area contributed by atoms with Gasteiger partial charge in [-0.15, -0.1) is 0 Å². The highest BCUT2D eigenvalue weighted by atomic mass is 16.1. The summed E-state index contributed by atoms with van der Waals surface area (Å²) < 4.78 is 2.21. The number of ketones is 1. The first kappa shape index (κ1) is 15.4.